The number of benzene rings is 1. The topological polar surface area (TPSA) is 79.3 Å². The number of carbonyl (C=O) groups excluding carboxylic acids is 1. The van der Waals surface area contributed by atoms with Crippen LogP contribution in [0.4, 0.5) is 0 Å². The van der Waals surface area contributed by atoms with Crippen LogP contribution < -0.4 is 5.32 Å². The highest BCUT2D eigenvalue weighted by atomic mass is 16.4. The maximum atomic E-state index is 12.3. The van der Waals surface area contributed by atoms with Crippen LogP contribution in [-0.2, 0) is 0 Å². The molecule has 0 spiro atoms. The maximum absolute atomic E-state index is 12.3. The van der Waals surface area contributed by atoms with Gasteiger partial charge in [-0.05, 0) is 30.9 Å². The summed E-state index contributed by atoms with van der Waals surface area (Å²) in [5.74, 6) is -1.23. The standard InChI is InChI=1S/C18H20N2O3/c1-11-5-4-6-14(7-11)12(2)8-20-17(21)15-9-19-10-16(13(15)3)18(22)23/h4-7,9-10,12H,8H2,1-3H3,(H,20,21)(H,22,23). The van der Waals surface area contributed by atoms with Gasteiger partial charge in [-0.1, -0.05) is 36.8 Å². The second-order valence-corrected chi connectivity index (χ2v) is 5.69. The van der Waals surface area contributed by atoms with Gasteiger partial charge in [0.25, 0.3) is 5.91 Å². The molecule has 2 rings (SSSR count). The SMILES string of the molecule is Cc1cccc(C(C)CNC(=O)c2cncc(C(=O)O)c2C)c1. The molecular formula is C18H20N2O3. The Balaban J connectivity index is 2.08. The zero-order chi connectivity index (χ0) is 17.0. The fourth-order valence-corrected chi connectivity index (χ4v) is 2.41. The lowest BCUT2D eigenvalue weighted by atomic mass is 9.99. The average Bonchev–Trinajstić information content (AvgIpc) is 2.52. The van der Waals surface area contributed by atoms with E-state index in [9.17, 15) is 9.59 Å². The molecule has 0 aliphatic carbocycles. The molecule has 1 heterocycles. The van der Waals surface area contributed by atoms with Crippen molar-refractivity contribution in [2.24, 2.45) is 0 Å². The van der Waals surface area contributed by atoms with E-state index in [0.29, 0.717) is 17.7 Å². The van der Waals surface area contributed by atoms with Gasteiger partial charge in [-0.15, -0.1) is 0 Å². The first-order valence-corrected chi connectivity index (χ1v) is 7.42. The highest BCUT2D eigenvalue weighted by Gasteiger charge is 2.16. The Hall–Kier alpha value is -2.69. The molecule has 1 aromatic carbocycles. The number of hydrogen-bond acceptors (Lipinski definition) is 3. The van der Waals surface area contributed by atoms with Crippen LogP contribution in [0.2, 0.25) is 0 Å². The summed E-state index contributed by atoms with van der Waals surface area (Å²) in [5, 5.41) is 11.9. The molecule has 0 radical (unpaired) electrons. The summed E-state index contributed by atoms with van der Waals surface area (Å²) in [6, 6.07) is 8.14. The van der Waals surface area contributed by atoms with Gasteiger partial charge in [-0.25, -0.2) is 4.79 Å². The molecule has 1 unspecified atom stereocenters. The number of carboxylic acids is 1. The van der Waals surface area contributed by atoms with Crippen LogP contribution in [0.15, 0.2) is 36.7 Å². The highest BCUT2D eigenvalue weighted by Crippen LogP contribution is 2.16. The van der Waals surface area contributed by atoms with Gasteiger partial charge < -0.3 is 10.4 Å². The predicted molar refractivity (Wildman–Crippen MR) is 87.9 cm³/mol. The third-order valence-electron chi connectivity index (χ3n) is 3.87. The van der Waals surface area contributed by atoms with Crippen molar-refractivity contribution in [3.63, 3.8) is 0 Å². The molecular weight excluding hydrogens is 292 g/mol. The fraction of sp³-hybridized carbons (Fsp3) is 0.278. The number of carbonyl (C=O) groups is 2. The molecule has 0 fully saturated rings. The number of aromatic nitrogens is 1. The lowest BCUT2D eigenvalue weighted by molar-refractivity contribution is 0.0695. The molecule has 1 atom stereocenters. The second kappa shape index (κ2) is 7.05. The summed E-state index contributed by atoms with van der Waals surface area (Å²) in [6.07, 6.45) is 2.65. The number of rotatable bonds is 5. The monoisotopic (exact) mass is 312 g/mol. The van der Waals surface area contributed by atoms with E-state index in [1.165, 1.54) is 18.0 Å². The van der Waals surface area contributed by atoms with Crippen LogP contribution >= 0.6 is 0 Å². The minimum atomic E-state index is -1.09. The summed E-state index contributed by atoms with van der Waals surface area (Å²) >= 11 is 0. The molecule has 0 bridgehead atoms. The fourth-order valence-electron chi connectivity index (χ4n) is 2.41. The lowest BCUT2D eigenvalue weighted by Gasteiger charge is -2.14. The molecule has 0 aliphatic rings. The van der Waals surface area contributed by atoms with Crippen LogP contribution in [-0.4, -0.2) is 28.5 Å². The van der Waals surface area contributed by atoms with Crippen molar-refractivity contribution in [2.45, 2.75) is 26.7 Å². The van der Waals surface area contributed by atoms with Crippen molar-refractivity contribution in [3.8, 4) is 0 Å². The Morgan fingerprint density at radius 3 is 2.57 bits per heavy atom. The lowest BCUT2D eigenvalue weighted by Crippen LogP contribution is -2.28. The third-order valence-corrected chi connectivity index (χ3v) is 3.87. The number of hydrogen-bond donors (Lipinski definition) is 2. The molecule has 0 aliphatic heterocycles. The zero-order valence-corrected chi connectivity index (χ0v) is 13.5. The molecule has 1 aromatic heterocycles. The van der Waals surface area contributed by atoms with Gasteiger partial charge in [-0.2, -0.15) is 0 Å². The molecule has 2 aromatic rings. The normalized spacial score (nSPS) is 11.8. The summed E-state index contributed by atoms with van der Waals surface area (Å²) < 4.78 is 0. The van der Waals surface area contributed by atoms with Crippen LogP contribution in [0.3, 0.4) is 0 Å². The van der Waals surface area contributed by atoms with E-state index in [1.54, 1.807) is 6.92 Å². The Morgan fingerprint density at radius 2 is 1.91 bits per heavy atom. The number of carboxylic acid groups (broad SMARTS) is 1. The Morgan fingerprint density at radius 1 is 1.22 bits per heavy atom. The Labute approximate surface area is 135 Å². The van der Waals surface area contributed by atoms with E-state index in [0.717, 1.165) is 5.56 Å². The largest absolute Gasteiger partial charge is 0.478 e. The van der Waals surface area contributed by atoms with Gasteiger partial charge in [-0.3, -0.25) is 9.78 Å². The minimum absolute atomic E-state index is 0.0457. The molecule has 2 N–H and O–H groups in total. The molecule has 1 amide bonds. The molecule has 23 heavy (non-hydrogen) atoms. The van der Waals surface area contributed by atoms with Crippen LogP contribution in [0.5, 0.6) is 0 Å². The van der Waals surface area contributed by atoms with Gasteiger partial charge in [0, 0.05) is 18.9 Å². The van der Waals surface area contributed by atoms with Crippen LogP contribution in [0.1, 0.15) is 50.2 Å². The van der Waals surface area contributed by atoms with E-state index in [-0.39, 0.29) is 17.4 Å². The van der Waals surface area contributed by atoms with E-state index >= 15 is 0 Å². The summed E-state index contributed by atoms with van der Waals surface area (Å²) in [6.45, 7) is 6.15. The van der Waals surface area contributed by atoms with E-state index in [2.05, 4.69) is 16.4 Å². The number of amides is 1. The highest BCUT2D eigenvalue weighted by molar-refractivity contribution is 5.99. The smallest absolute Gasteiger partial charge is 0.337 e. The van der Waals surface area contributed by atoms with Crippen molar-refractivity contribution in [3.05, 3.63) is 64.5 Å². The summed E-state index contributed by atoms with van der Waals surface area (Å²) in [7, 11) is 0. The van der Waals surface area contributed by atoms with Crippen LogP contribution in [0, 0.1) is 13.8 Å². The van der Waals surface area contributed by atoms with Gasteiger partial charge in [0.2, 0.25) is 0 Å². The first-order valence-electron chi connectivity index (χ1n) is 7.42. The first-order chi connectivity index (χ1) is 10.9. The number of nitrogens with zero attached hydrogens (tertiary/aromatic N) is 1. The van der Waals surface area contributed by atoms with Crippen molar-refractivity contribution >= 4 is 11.9 Å². The minimum Gasteiger partial charge on any atom is -0.478 e. The van der Waals surface area contributed by atoms with Crippen molar-refractivity contribution < 1.29 is 14.7 Å². The third kappa shape index (κ3) is 3.94. The molecule has 120 valence electrons. The van der Waals surface area contributed by atoms with Gasteiger partial charge in [0.1, 0.15) is 0 Å². The zero-order valence-electron chi connectivity index (χ0n) is 13.5. The quantitative estimate of drug-likeness (QED) is 0.889. The van der Waals surface area contributed by atoms with Gasteiger partial charge in [0.05, 0.1) is 11.1 Å². The summed E-state index contributed by atoms with van der Waals surface area (Å²) in [5.41, 5.74) is 3.09. The molecule has 5 heteroatoms. The number of nitrogens with one attached hydrogen (secondary N) is 1. The van der Waals surface area contributed by atoms with E-state index < -0.39 is 5.97 Å². The van der Waals surface area contributed by atoms with Crippen LogP contribution in [0.25, 0.3) is 0 Å². The van der Waals surface area contributed by atoms with Gasteiger partial charge >= 0.3 is 5.97 Å². The van der Waals surface area contributed by atoms with E-state index in [4.69, 9.17) is 5.11 Å². The maximum Gasteiger partial charge on any atom is 0.337 e. The first kappa shape index (κ1) is 16.7. The van der Waals surface area contributed by atoms with Gasteiger partial charge in [0.15, 0.2) is 0 Å². The summed E-state index contributed by atoms with van der Waals surface area (Å²) in [4.78, 5) is 27.2. The number of aromatic carboxylic acids is 1. The Kier molecular flexibility index (Phi) is 5.11. The number of aryl methyl sites for hydroxylation is 1. The molecule has 5 nitrogen and oxygen atoms in total. The van der Waals surface area contributed by atoms with Crippen molar-refractivity contribution in [2.75, 3.05) is 6.54 Å². The average molecular weight is 312 g/mol. The van der Waals surface area contributed by atoms with E-state index in [1.807, 2.05) is 32.0 Å². The molecule has 0 saturated carbocycles. The van der Waals surface area contributed by atoms with Crippen molar-refractivity contribution in [1.29, 1.82) is 0 Å². The second-order valence-electron chi connectivity index (χ2n) is 5.69. The Bertz CT molecular complexity index is 741. The molecule has 0 saturated heterocycles. The predicted octanol–water partition coefficient (Wildman–Crippen LogP) is 2.93. The number of pyridine rings is 1. The van der Waals surface area contributed by atoms with Crippen molar-refractivity contribution in [1.82, 2.24) is 10.3 Å².